The summed E-state index contributed by atoms with van der Waals surface area (Å²) in [5.74, 6) is 0. The number of hydrogen-bond donors (Lipinski definition) is 1. The summed E-state index contributed by atoms with van der Waals surface area (Å²) < 4.78 is 2.08. The number of benzene rings is 1. The third kappa shape index (κ3) is 3.44. The van der Waals surface area contributed by atoms with Crippen molar-refractivity contribution in [2.45, 2.75) is 40.8 Å². The molecular weight excluding hydrogens is 234 g/mol. The van der Waals surface area contributed by atoms with E-state index in [-0.39, 0.29) is 0 Å². The molecule has 0 aliphatic rings. The largest absolute Gasteiger partial charge is 0.313 e. The van der Waals surface area contributed by atoms with E-state index >= 15 is 0 Å². The number of hydrogen-bond acceptors (Lipinski definition) is 2. The van der Waals surface area contributed by atoms with Crippen LogP contribution in [0.1, 0.15) is 34.9 Å². The van der Waals surface area contributed by atoms with Gasteiger partial charge in [-0.1, -0.05) is 36.2 Å². The van der Waals surface area contributed by atoms with Crippen LogP contribution in [0, 0.1) is 20.8 Å². The second kappa shape index (κ2) is 6.02. The molecule has 0 fully saturated rings. The molecule has 0 amide bonds. The molecule has 0 atom stereocenters. The molecule has 0 spiro atoms. The average Bonchev–Trinajstić information content (AvgIpc) is 2.67. The van der Waals surface area contributed by atoms with Gasteiger partial charge in [-0.25, -0.2) is 0 Å². The number of rotatable bonds is 5. The lowest BCUT2D eigenvalue weighted by Gasteiger charge is -2.08. The Morgan fingerprint density at radius 1 is 1.11 bits per heavy atom. The van der Waals surface area contributed by atoms with E-state index in [0.717, 1.165) is 19.6 Å². The third-order valence-corrected chi connectivity index (χ3v) is 3.38. The standard InChI is InChI=1S/C16H23N3/c1-5-17-9-16-10-18-19(14(16)4)11-15-7-12(2)6-13(3)8-15/h6-8,10,17H,5,9,11H2,1-4H3. The van der Waals surface area contributed by atoms with Crippen LogP contribution in [-0.4, -0.2) is 16.3 Å². The van der Waals surface area contributed by atoms with E-state index in [9.17, 15) is 0 Å². The fourth-order valence-electron chi connectivity index (χ4n) is 2.41. The molecule has 1 N–H and O–H groups in total. The first kappa shape index (κ1) is 13.8. The molecular formula is C16H23N3. The Hall–Kier alpha value is -1.61. The molecule has 0 aliphatic heterocycles. The van der Waals surface area contributed by atoms with Crippen molar-refractivity contribution in [3.63, 3.8) is 0 Å². The number of aromatic nitrogens is 2. The van der Waals surface area contributed by atoms with Gasteiger partial charge in [-0.15, -0.1) is 0 Å². The van der Waals surface area contributed by atoms with Crippen LogP contribution in [0.15, 0.2) is 24.4 Å². The Bertz CT molecular complexity index is 535. The lowest BCUT2D eigenvalue weighted by molar-refractivity contribution is 0.658. The van der Waals surface area contributed by atoms with E-state index in [0.29, 0.717) is 0 Å². The fraction of sp³-hybridized carbons (Fsp3) is 0.438. The van der Waals surface area contributed by atoms with Gasteiger partial charge in [-0.2, -0.15) is 5.10 Å². The van der Waals surface area contributed by atoms with Gasteiger partial charge >= 0.3 is 0 Å². The fourth-order valence-corrected chi connectivity index (χ4v) is 2.41. The van der Waals surface area contributed by atoms with Crippen LogP contribution in [0.2, 0.25) is 0 Å². The molecule has 1 aromatic carbocycles. The van der Waals surface area contributed by atoms with Crippen LogP contribution in [0.4, 0.5) is 0 Å². The molecule has 3 heteroatoms. The minimum Gasteiger partial charge on any atom is -0.313 e. The van der Waals surface area contributed by atoms with Gasteiger partial charge < -0.3 is 5.32 Å². The molecule has 2 rings (SSSR count). The van der Waals surface area contributed by atoms with Gasteiger partial charge in [0.1, 0.15) is 0 Å². The molecule has 1 heterocycles. The van der Waals surface area contributed by atoms with E-state index in [1.54, 1.807) is 0 Å². The third-order valence-electron chi connectivity index (χ3n) is 3.38. The number of nitrogens with zero attached hydrogens (tertiary/aromatic N) is 2. The Balaban J connectivity index is 2.16. The van der Waals surface area contributed by atoms with E-state index in [4.69, 9.17) is 0 Å². The Morgan fingerprint density at radius 3 is 2.42 bits per heavy atom. The minimum absolute atomic E-state index is 0.848. The normalized spacial score (nSPS) is 10.9. The van der Waals surface area contributed by atoms with Gasteiger partial charge in [0.15, 0.2) is 0 Å². The Morgan fingerprint density at radius 2 is 1.79 bits per heavy atom. The summed E-state index contributed by atoms with van der Waals surface area (Å²) in [7, 11) is 0. The van der Waals surface area contributed by atoms with Crippen molar-refractivity contribution in [2.24, 2.45) is 0 Å². The zero-order valence-corrected chi connectivity index (χ0v) is 12.3. The summed E-state index contributed by atoms with van der Waals surface area (Å²) in [6, 6.07) is 6.67. The van der Waals surface area contributed by atoms with Crippen LogP contribution in [-0.2, 0) is 13.1 Å². The SMILES string of the molecule is CCNCc1cnn(Cc2cc(C)cc(C)c2)c1C. The first-order chi connectivity index (χ1) is 9.10. The topological polar surface area (TPSA) is 29.9 Å². The predicted molar refractivity (Wildman–Crippen MR) is 79.4 cm³/mol. The smallest absolute Gasteiger partial charge is 0.0662 e. The lowest BCUT2D eigenvalue weighted by Crippen LogP contribution is -2.12. The zero-order valence-electron chi connectivity index (χ0n) is 12.3. The second-order valence-electron chi connectivity index (χ2n) is 5.19. The maximum Gasteiger partial charge on any atom is 0.0662 e. The Labute approximate surface area is 115 Å². The van der Waals surface area contributed by atoms with Gasteiger partial charge in [0.25, 0.3) is 0 Å². The average molecular weight is 257 g/mol. The number of aryl methyl sites for hydroxylation is 2. The maximum atomic E-state index is 4.50. The van der Waals surface area contributed by atoms with Crippen molar-refractivity contribution in [3.8, 4) is 0 Å². The molecule has 0 bridgehead atoms. The first-order valence-electron chi connectivity index (χ1n) is 6.89. The molecule has 1 aromatic heterocycles. The molecule has 19 heavy (non-hydrogen) atoms. The van der Waals surface area contributed by atoms with E-state index in [1.807, 2.05) is 6.20 Å². The van der Waals surface area contributed by atoms with Crippen molar-refractivity contribution in [1.29, 1.82) is 0 Å². The summed E-state index contributed by atoms with van der Waals surface area (Å²) in [6.07, 6.45) is 1.97. The van der Waals surface area contributed by atoms with Crippen molar-refractivity contribution < 1.29 is 0 Å². The predicted octanol–water partition coefficient (Wildman–Crippen LogP) is 2.97. The molecule has 2 aromatic rings. The first-order valence-corrected chi connectivity index (χ1v) is 6.89. The van der Waals surface area contributed by atoms with Gasteiger partial charge in [0.05, 0.1) is 12.7 Å². The highest BCUT2D eigenvalue weighted by atomic mass is 15.3. The highest BCUT2D eigenvalue weighted by molar-refractivity contribution is 5.29. The highest BCUT2D eigenvalue weighted by Crippen LogP contribution is 2.13. The van der Waals surface area contributed by atoms with Gasteiger partial charge in [-0.3, -0.25) is 4.68 Å². The molecule has 0 saturated heterocycles. The molecule has 0 radical (unpaired) electrons. The molecule has 0 saturated carbocycles. The maximum absolute atomic E-state index is 4.50. The summed E-state index contributed by atoms with van der Waals surface area (Å²) in [4.78, 5) is 0. The lowest BCUT2D eigenvalue weighted by atomic mass is 10.1. The van der Waals surface area contributed by atoms with Crippen LogP contribution >= 0.6 is 0 Å². The monoisotopic (exact) mass is 257 g/mol. The highest BCUT2D eigenvalue weighted by Gasteiger charge is 2.06. The molecule has 0 unspecified atom stereocenters. The van der Waals surface area contributed by atoms with Crippen LogP contribution in [0.3, 0.4) is 0 Å². The summed E-state index contributed by atoms with van der Waals surface area (Å²) >= 11 is 0. The van der Waals surface area contributed by atoms with E-state index < -0.39 is 0 Å². The van der Waals surface area contributed by atoms with Crippen molar-refractivity contribution >= 4 is 0 Å². The van der Waals surface area contributed by atoms with E-state index in [2.05, 4.69) is 61.0 Å². The van der Waals surface area contributed by atoms with Crippen molar-refractivity contribution in [1.82, 2.24) is 15.1 Å². The number of nitrogens with one attached hydrogen (secondary N) is 1. The van der Waals surface area contributed by atoms with E-state index in [1.165, 1.54) is 27.9 Å². The van der Waals surface area contributed by atoms with Gasteiger partial charge in [-0.05, 0) is 32.9 Å². The van der Waals surface area contributed by atoms with Crippen LogP contribution in [0.25, 0.3) is 0 Å². The Kier molecular flexibility index (Phi) is 4.38. The quantitative estimate of drug-likeness (QED) is 0.892. The summed E-state index contributed by atoms with van der Waals surface area (Å²) in [5, 5.41) is 7.85. The zero-order chi connectivity index (χ0) is 13.8. The van der Waals surface area contributed by atoms with Crippen LogP contribution < -0.4 is 5.32 Å². The van der Waals surface area contributed by atoms with Crippen molar-refractivity contribution in [3.05, 3.63) is 52.3 Å². The van der Waals surface area contributed by atoms with Crippen LogP contribution in [0.5, 0.6) is 0 Å². The van der Waals surface area contributed by atoms with Gasteiger partial charge in [0.2, 0.25) is 0 Å². The summed E-state index contributed by atoms with van der Waals surface area (Å²) in [5.41, 5.74) is 6.48. The summed E-state index contributed by atoms with van der Waals surface area (Å²) in [6.45, 7) is 11.3. The molecule has 0 aliphatic carbocycles. The molecule has 102 valence electrons. The van der Waals surface area contributed by atoms with Crippen molar-refractivity contribution in [2.75, 3.05) is 6.54 Å². The minimum atomic E-state index is 0.848. The van der Waals surface area contributed by atoms with Gasteiger partial charge in [0, 0.05) is 17.8 Å². The second-order valence-corrected chi connectivity index (χ2v) is 5.19. The molecule has 3 nitrogen and oxygen atoms in total.